The minimum absolute atomic E-state index is 0.575. The molecule has 2 rings (SSSR count). The summed E-state index contributed by atoms with van der Waals surface area (Å²) in [6.07, 6.45) is 23.9. The summed E-state index contributed by atoms with van der Waals surface area (Å²) >= 11 is 4.76. The monoisotopic (exact) mass is 454 g/mol. The van der Waals surface area contributed by atoms with Gasteiger partial charge < -0.3 is 0 Å². The molecule has 0 aliphatic heterocycles. The number of rotatable bonds is 17. The van der Waals surface area contributed by atoms with Gasteiger partial charge in [-0.3, -0.25) is 0 Å². The Kier molecular flexibility index (Phi) is 13.7. The molecule has 2 aromatic rings. The summed E-state index contributed by atoms with van der Waals surface area (Å²) in [5, 5.41) is 0. The van der Waals surface area contributed by atoms with E-state index in [1.54, 1.807) is 0 Å². The Morgan fingerprint density at radius 3 is 1.91 bits per heavy atom. The second kappa shape index (κ2) is 16.3. The first kappa shape index (κ1) is 26.9. The summed E-state index contributed by atoms with van der Waals surface area (Å²) in [7, 11) is 0. The van der Waals surface area contributed by atoms with Crippen molar-refractivity contribution in [3.05, 3.63) is 41.7 Å². The number of aryl methyl sites for hydroxylation is 1. The third kappa shape index (κ3) is 10.1. The zero-order valence-electron chi connectivity index (χ0n) is 20.9. The van der Waals surface area contributed by atoms with Gasteiger partial charge in [0.1, 0.15) is 0 Å². The Balaban J connectivity index is 1.76. The Bertz CT molecular complexity index is 741. The molecule has 178 valence electrons. The van der Waals surface area contributed by atoms with E-state index in [2.05, 4.69) is 48.9 Å². The number of hydrogen-bond donors (Lipinski definition) is 1. The highest BCUT2D eigenvalue weighted by Crippen LogP contribution is 2.30. The topological polar surface area (TPSA) is 25.8 Å². The van der Waals surface area contributed by atoms with Crippen molar-refractivity contribution >= 4 is 12.6 Å². The van der Waals surface area contributed by atoms with Crippen molar-refractivity contribution in [1.29, 1.82) is 0 Å². The minimum atomic E-state index is 0.575. The molecule has 1 aromatic carbocycles. The molecule has 0 radical (unpaired) electrons. The van der Waals surface area contributed by atoms with Crippen LogP contribution in [0.2, 0.25) is 0 Å². The number of aromatic nitrogens is 2. The van der Waals surface area contributed by atoms with E-state index in [0.717, 1.165) is 22.7 Å². The van der Waals surface area contributed by atoms with Crippen LogP contribution in [0.15, 0.2) is 35.5 Å². The van der Waals surface area contributed by atoms with Gasteiger partial charge in [-0.2, -0.15) is 0 Å². The van der Waals surface area contributed by atoms with Crippen LogP contribution in [0.1, 0.15) is 128 Å². The molecule has 0 fully saturated rings. The maximum atomic E-state index is 4.76. The van der Waals surface area contributed by atoms with Crippen molar-refractivity contribution in [2.24, 2.45) is 0 Å². The largest absolute Gasteiger partial charge is 0.236 e. The zero-order valence-corrected chi connectivity index (χ0v) is 21.8. The first-order valence-electron chi connectivity index (χ1n) is 13.3. The summed E-state index contributed by atoms with van der Waals surface area (Å²) in [6.45, 7) is 6.87. The fourth-order valence-corrected chi connectivity index (χ4v) is 4.67. The predicted molar refractivity (Wildman–Crippen MR) is 143 cm³/mol. The number of hydrogen-bond acceptors (Lipinski definition) is 3. The van der Waals surface area contributed by atoms with E-state index in [4.69, 9.17) is 12.6 Å². The van der Waals surface area contributed by atoms with Crippen molar-refractivity contribution in [3.63, 3.8) is 0 Å². The van der Waals surface area contributed by atoms with Crippen molar-refractivity contribution in [1.82, 2.24) is 9.97 Å². The Morgan fingerprint density at radius 1 is 0.750 bits per heavy atom. The summed E-state index contributed by atoms with van der Waals surface area (Å²) < 4.78 is 0. The highest BCUT2D eigenvalue weighted by atomic mass is 32.1. The van der Waals surface area contributed by atoms with E-state index < -0.39 is 0 Å². The van der Waals surface area contributed by atoms with Gasteiger partial charge in [-0.25, -0.2) is 9.97 Å². The van der Waals surface area contributed by atoms with Crippen molar-refractivity contribution in [2.45, 2.75) is 128 Å². The SMILES string of the molecule is CCCCCCCCCCCc1cnc(-c2ccc(C(C)CCCCCC)cc2S)nc1. The van der Waals surface area contributed by atoms with Crippen LogP contribution < -0.4 is 0 Å². The number of thiol groups is 1. The van der Waals surface area contributed by atoms with Gasteiger partial charge in [0.15, 0.2) is 5.82 Å². The Labute approximate surface area is 203 Å². The summed E-state index contributed by atoms with van der Waals surface area (Å²) in [4.78, 5) is 10.3. The van der Waals surface area contributed by atoms with Gasteiger partial charge >= 0.3 is 0 Å². The molecule has 2 nitrogen and oxygen atoms in total. The van der Waals surface area contributed by atoms with Crippen LogP contribution >= 0.6 is 12.6 Å². The second-order valence-corrected chi connectivity index (χ2v) is 10.0. The van der Waals surface area contributed by atoms with Crippen LogP contribution in [0.3, 0.4) is 0 Å². The summed E-state index contributed by atoms with van der Waals surface area (Å²) in [5.74, 6) is 1.36. The van der Waals surface area contributed by atoms with Gasteiger partial charge in [0.05, 0.1) is 0 Å². The summed E-state index contributed by atoms with van der Waals surface area (Å²) in [5.41, 5.74) is 3.65. The standard InChI is InChI=1S/C29H46N2S/c1-4-6-8-10-11-12-13-14-16-18-25-22-30-29(31-23-25)27-20-19-26(21-28(27)32)24(3)17-15-9-7-5-2/h19-24,32H,4-18H2,1-3H3. The molecule has 0 amide bonds. The van der Waals surface area contributed by atoms with Crippen LogP contribution in [-0.4, -0.2) is 9.97 Å². The Hall–Kier alpha value is -1.35. The smallest absolute Gasteiger partial charge is 0.160 e. The number of nitrogens with zero attached hydrogens (tertiary/aromatic N) is 2. The quantitative estimate of drug-likeness (QED) is 0.190. The fourth-order valence-electron chi connectivity index (χ4n) is 4.35. The van der Waals surface area contributed by atoms with E-state index in [-0.39, 0.29) is 0 Å². The van der Waals surface area contributed by atoms with Crippen molar-refractivity contribution < 1.29 is 0 Å². The van der Waals surface area contributed by atoms with Gasteiger partial charge in [0.25, 0.3) is 0 Å². The predicted octanol–water partition coefficient (Wildman–Crippen LogP) is 9.58. The third-order valence-electron chi connectivity index (χ3n) is 6.60. The molecule has 3 heteroatoms. The van der Waals surface area contributed by atoms with E-state index in [0.29, 0.717) is 5.92 Å². The highest BCUT2D eigenvalue weighted by Gasteiger charge is 2.11. The molecule has 1 aromatic heterocycles. The van der Waals surface area contributed by atoms with Gasteiger partial charge in [0, 0.05) is 22.9 Å². The minimum Gasteiger partial charge on any atom is -0.236 e. The molecule has 0 saturated heterocycles. The third-order valence-corrected chi connectivity index (χ3v) is 6.97. The van der Waals surface area contributed by atoms with Crippen molar-refractivity contribution in [3.8, 4) is 11.4 Å². The van der Waals surface area contributed by atoms with Gasteiger partial charge in [-0.05, 0) is 48.4 Å². The molecule has 0 bridgehead atoms. The molecule has 32 heavy (non-hydrogen) atoms. The lowest BCUT2D eigenvalue weighted by atomic mass is 9.94. The van der Waals surface area contributed by atoms with Crippen LogP contribution in [0.5, 0.6) is 0 Å². The molecule has 0 spiro atoms. The van der Waals surface area contributed by atoms with Crippen LogP contribution in [0, 0.1) is 0 Å². The molecule has 0 saturated carbocycles. The van der Waals surface area contributed by atoms with E-state index in [9.17, 15) is 0 Å². The number of benzene rings is 1. The first-order valence-corrected chi connectivity index (χ1v) is 13.7. The van der Waals surface area contributed by atoms with Gasteiger partial charge in [-0.1, -0.05) is 104 Å². The lowest BCUT2D eigenvalue weighted by molar-refractivity contribution is 0.564. The lowest BCUT2D eigenvalue weighted by Crippen LogP contribution is -1.97. The molecular formula is C29H46N2S. The summed E-state index contributed by atoms with van der Waals surface area (Å²) in [6, 6.07) is 6.59. The average molecular weight is 455 g/mol. The second-order valence-electron chi connectivity index (χ2n) is 9.52. The average Bonchev–Trinajstić information content (AvgIpc) is 2.81. The normalized spacial score (nSPS) is 12.2. The van der Waals surface area contributed by atoms with Crippen LogP contribution in [0.4, 0.5) is 0 Å². The highest BCUT2D eigenvalue weighted by molar-refractivity contribution is 7.80. The zero-order chi connectivity index (χ0) is 23.0. The Morgan fingerprint density at radius 2 is 1.31 bits per heavy atom. The van der Waals surface area contributed by atoms with Crippen LogP contribution in [-0.2, 0) is 6.42 Å². The van der Waals surface area contributed by atoms with E-state index in [1.165, 1.54) is 101 Å². The maximum absolute atomic E-state index is 4.76. The van der Waals surface area contributed by atoms with Crippen LogP contribution in [0.25, 0.3) is 11.4 Å². The van der Waals surface area contributed by atoms with E-state index >= 15 is 0 Å². The maximum Gasteiger partial charge on any atom is 0.160 e. The molecule has 0 aliphatic rings. The first-order chi connectivity index (χ1) is 15.7. The van der Waals surface area contributed by atoms with E-state index in [1.807, 2.05) is 12.4 Å². The molecule has 0 N–H and O–H groups in total. The van der Waals surface area contributed by atoms with Crippen molar-refractivity contribution in [2.75, 3.05) is 0 Å². The molecule has 1 unspecified atom stereocenters. The fraction of sp³-hybridized carbons (Fsp3) is 0.655. The molecule has 0 aliphatic carbocycles. The van der Waals surface area contributed by atoms with Gasteiger partial charge in [0.2, 0.25) is 0 Å². The molecule has 1 heterocycles. The number of unbranched alkanes of at least 4 members (excludes halogenated alkanes) is 11. The molecular weight excluding hydrogens is 408 g/mol. The molecule has 1 atom stereocenters. The lowest BCUT2D eigenvalue weighted by Gasteiger charge is -2.14. The van der Waals surface area contributed by atoms with Gasteiger partial charge in [-0.15, -0.1) is 12.6 Å².